The molecule has 2 aromatic rings. The van der Waals surface area contributed by atoms with Gasteiger partial charge in [0.15, 0.2) is 5.82 Å². The highest BCUT2D eigenvalue weighted by Crippen LogP contribution is 2.42. The summed E-state index contributed by atoms with van der Waals surface area (Å²) in [4.78, 5) is 20.0. The SMILES string of the molecule is Cc1csc([C@@](O)(CC(=O)N[C@@H](C)c2nc(C(C)(C)C)no2)C(F)(F)F)n1. The largest absolute Gasteiger partial charge is 0.424 e. The summed E-state index contributed by atoms with van der Waals surface area (Å²) >= 11 is 0.645. The van der Waals surface area contributed by atoms with Crippen LogP contribution in [0.3, 0.4) is 0 Å². The van der Waals surface area contributed by atoms with Crippen molar-refractivity contribution in [2.75, 3.05) is 0 Å². The van der Waals surface area contributed by atoms with Crippen LogP contribution in [0, 0.1) is 6.92 Å². The van der Waals surface area contributed by atoms with Crippen molar-refractivity contribution in [3.05, 3.63) is 27.8 Å². The van der Waals surface area contributed by atoms with Gasteiger partial charge >= 0.3 is 6.18 Å². The van der Waals surface area contributed by atoms with Crippen molar-refractivity contribution >= 4 is 17.2 Å². The summed E-state index contributed by atoms with van der Waals surface area (Å²) in [6.45, 7) is 8.60. The molecule has 0 fully saturated rings. The van der Waals surface area contributed by atoms with E-state index in [2.05, 4.69) is 20.4 Å². The molecule has 0 aliphatic heterocycles. The molecule has 0 saturated heterocycles. The van der Waals surface area contributed by atoms with E-state index in [0.29, 0.717) is 22.9 Å². The number of alkyl halides is 3. The Morgan fingerprint density at radius 2 is 1.96 bits per heavy atom. The summed E-state index contributed by atoms with van der Waals surface area (Å²) in [5.41, 5.74) is -3.43. The number of aryl methyl sites for hydroxylation is 1. The van der Waals surface area contributed by atoms with Gasteiger partial charge in [-0.3, -0.25) is 4.79 Å². The lowest BCUT2D eigenvalue weighted by Crippen LogP contribution is -2.46. The van der Waals surface area contributed by atoms with E-state index in [9.17, 15) is 23.1 Å². The normalized spacial score (nSPS) is 16.0. The third-order valence-electron chi connectivity index (χ3n) is 3.72. The van der Waals surface area contributed by atoms with Crippen LogP contribution in [-0.2, 0) is 15.8 Å². The predicted molar refractivity (Wildman–Crippen MR) is 91.0 cm³/mol. The van der Waals surface area contributed by atoms with E-state index in [4.69, 9.17) is 4.52 Å². The Bertz CT molecular complexity index is 812. The zero-order valence-electron chi connectivity index (χ0n) is 15.5. The fourth-order valence-corrected chi connectivity index (χ4v) is 3.06. The molecule has 0 saturated carbocycles. The molecule has 2 aromatic heterocycles. The Labute approximate surface area is 158 Å². The van der Waals surface area contributed by atoms with Gasteiger partial charge in [0, 0.05) is 16.5 Å². The van der Waals surface area contributed by atoms with Crippen molar-refractivity contribution in [1.82, 2.24) is 20.4 Å². The molecule has 2 rings (SSSR count). The summed E-state index contributed by atoms with van der Waals surface area (Å²) in [5, 5.41) is 17.2. The molecular formula is C16H21F3N4O3S. The van der Waals surface area contributed by atoms with Gasteiger partial charge in [-0.15, -0.1) is 11.3 Å². The fourth-order valence-electron chi connectivity index (χ4n) is 2.14. The van der Waals surface area contributed by atoms with Gasteiger partial charge in [-0.05, 0) is 13.8 Å². The maximum atomic E-state index is 13.5. The molecule has 0 aliphatic rings. The average molecular weight is 406 g/mol. The molecule has 150 valence electrons. The van der Waals surface area contributed by atoms with Gasteiger partial charge in [0.2, 0.25) is 17.4 Å². The summed E-state index contributed by atoms with van der Waals surface area (Å²) in [7, 11) is 0. The Kier molecular flexibility index (Phi) is 5.67. The number of aromatic nitrogens is 3. The first-order valence-corrected chi connectivity index (χ1v) is 8.97. The smallest absolute Gasteiger partial charge is 0.374 e. The van der Waals surface area contributed by atoms with Gasteiger partial charge in [0.25, 0.3) is 0 Å². The van der Waals surface area contributed by atoms with Gasteiger partial charge in [0.1, 0.15) is 11.0 Å². The second-order valence-electron chi connectivity index (χ2n) is 7.32. The molecule has 0 aromatic carbocycles. The van der Waals surface area contributed by atoms with Crippen LogP contribution in [0.15, 0.2) is 9.90 Å². The molecule has 0 bridgehead atoms. The van der Waals surface area contributed by atoms with Crippen LogP contribution >= 0.6 is 11.3 Å². The topological polar surface area (TPSA) is 101 Å². The van der Waals surface area contributed by atoms with E-state index in [1.54, 1.807) is 0 Å². The molecule has 0 unspecified atom stereocenters. The lowest BCUT2D eigenvalue weighted by atomic mass is 9.96. The van der Waals surface area contributed by atoms with Crippen molar-refractivity contribution in [2.45, 2.75) is 64.3 Å². The van der Waals surface area contributed by atoms with Gasteiger partial charge < -0.3 is 14.9 Å². The number of thiazole rings is 1. The Morgan fingerprint density at radius 1 is 1.33 bits per heavy atom. The number of carbonyl (C=O) groups is 1. The van der Waals surface area contributed by atoms with Crippen LogP contribution in [0.5, 0.6) is 0 Å². The quantitative estimate of drug-likeness (QED) is 0.791. The van der Waals surface area contributed by atoms with E-state index in [1.807, 2.05) is 20.8 Å². The molecule has 7 nitrogen and oxygen atoms in total. The molecular weight excluding hydrogens is 385 g/mol. The molecule has 27 heavy (non-hydrogen) atoms. The first-order valence-electron chi connectivity index (χ1n) is 8.09. The monoisotopic (exact) mass is 406 g/mol. The number of carbonyl (C=O) groups excluding carboxylic acids is 1. The first-order chi connectivity index (χ1) is 12.2. The van der Waals surface area contributed by atoms with Crippen LogP contribution < -0.4 is 5.32 Å². The Balaban J connectivity index is 2.15. The van der Waals surface area contributed by atoms with Crippen LogP contribution in [0.25, 0.3) is 0 Å². The van der Waals surface area contributed by atoms with Crippen LogP contribution in [0.2, 0.25) is 0 Å². The van der Waals surface area contributed by atoms with Gasteiger partial charge in [0.05, 0.1) is 6.42 Å². The summed E-state index contributed by atoms with van der Waals surface area (Å²) in [6, 6.07) is -0.823. The van der Waals surface area contributed by atoms with Crippen LogP contribution in [0.4, 0.5) is 13.2 Å². The zero-order chi connectivity index (χ0) is 20.6. The third kappa shape index (κ3) is 4.64. The molecule has 2 heterocycles. The summed E-state index contributed by atoms with van der Waals surface area (Å²) < 4.78 is 45.4. The molecule has 0 spiro atoms. The zero-order valence-corrected chi connectivity index (χ0v) is 16.3. The molecule has 2 atom stereocenters. The van der Waals surface area contributed by atoms with E-state index in [1.165, 1.54) is 19.2 Å². The highest BCUT2D eigenvalue weighted by molar-refractivity contribution is 7.09. The minimum atomic E-state index is -5.07. The van der Waals surface area contributed by atoms with Gasteiger partial charge in [-0.2, -0.15) is 18.2 Å². The number of hydrogen-bond donors (Lipinski definition) is 2. The second-order valence-corrected chi connectivity index (χ2v) is 8.18. The number of hydrogen-bond acceptors (Lipinski definition) is 7. The maximum Gasteiger partial charge on any atom is 0.424 e. The van der Waals surface area contributed by atoms with Crippen molar-refractivity contribution < 1.29 is 27.6 Å². The fraction of sp³-hybridized carbons (Fsp3) is 0.625. The van der Waals surface area contributed by atoms with Crippen LogP contribution in [-0.4, -0.2) is 32.3 Å². The molecule has 0 aliphatic carbocycles. The number of aliphatic hydroxyl groups is 1. The van der Waals surface area contributed by atoms with Crippen LogP contribution in [0.1, 0.15) is 62.6 Å². The molecule has 1 amide bonds. The van der Waals surface area contributed by atoms with E-state index in [0.717, 1.165) is 0 Å². The van der Waals surface area contributed by atoms with Crippen molar-refractivity contribution in [3.8, 4) is 0 Å². The lowest BCUT2D eigenvalue weighted by molar-refractivity contribution is -0.267. The lowest BCUT2D eigenvalue weighted by Gasteiger charge is -2.28. The second kappa shape index (κ2) is 7.19. The highest BCUT2D eigenvalue weighted by Gasteiger charge is 2.58. The molecule has 2 N–H and O–H groups in total. The molecule has 11 heteroatoms. The van der Waals surface area contributed by atoms with Gasteiger partial charge in [-0.25, -0.2) is 4.98 Å². The standard InChI is InChI=1S/C16H21F3N4O3S/c1-8-7-27-13(20-8)15(25,16(17,18)19)6-10(24)21-9(2)11-22-12(23-26-11)14(3,4)5/h7,9,25H,6H2,1-5H3,(H,21,24)/t9-,15-/m0/s1. The highest BCUT2D eigenvalue weighted by atomic mass is 32.1. The summed E-state index contributed by atoms with van der Waals surface area (Å²) in [6.07, 6.45) is -6.30. The van der Waals surface area contributed by atoms with Gasteiger partial charge in [-0.1, -0.05) is 25.9 Å². The maximum absolute atomic E-state index is 13.5. The van der Waals surface area contributed by atoms with Crippen molar-refractivity contribution in [3.63, 3.8) is 0 Å². The van der Waals surface area contributed by atoms with E-state index in [-0.39, 0.29) is 11.3 Å². The van der Waals surface area contributed by atoms with Crippen molar-refractivity contribution in [2.24, 2.45) is 0 Å². The Hall–Kier alpha value is -2.01. The number of amides is 1. The molecule has 0 radical (unpaired) electrons. The number of halogens is 3. The Morgan fingerprint density at radius 3 is 2.41 bits per heavy atom. The average Bonchev–Trinajstić information content (AvgIpc) is 3.13. The number of rotatable bonds is 5. The third-order valence-corrected chi connectivity index (χ3v) is 4.83. The van der Waals surface area contributed by atoms with E-state index >= 15 is 0 Å². The number of nitrogens with zero attached hydrogens (tertiary/aromatic N) is 3. The van der Waals surface area contributed by atoms with Crippen molar-refractivity contribution in [1.29, 1.82) is 0 Å². The summed E-state index contributed by atoms with van der Waals surface area (Å²) in [5.74, 6) is -0.553. The predicted octanol–water partition coefficient (Wildman–Crippen LogP) is 3.15. The van der Waals surface area contributed by atoms with E-state index < -0.39 is 35.2 Å². The first kappa shape index (κ1) is 21.3. The number of nitrogens with one attached hydrogen (secondary N) is 1. The minimum absolute atomic E-state index is 0.0638. The minimum Gasteiger partial charge on any atom is -0.374 e.